The molecule has 7 heteroatoms. The zero-order valence-electron chi connectivity index (χ0n) is 14.3. The Balaban J connectivity index is 1.85. The van der Waals surface area contributed by atoms with Crippen LogP contribution in [-0.4, -0.2) is 24.7 Å². The maximum Gasteiger partial charge on any atom is 0.258 e. The Morgan fingerprint density at radius 2 is 1.92 bits per heavy atom. The van der Waals surface area contributed by atoms with Gasteiger partial charge in [0.2, 0.25) is 5.91 Å². The number of rotatable bonds is 5. The van der Waals surface area contributed by atoms with Gasteiger partial charge in [-0.25, -0.2) is 0 Å². The summed E-state index contributed by atoms with van der Waals surface area (Å²) in [4.78, 5) is 25.0. The van der Waals surface area contributed by atoms with E-state index in [1.54, 1.807) is 55.8 Å². The van der Waals surface area contributed by atoms with Crippen LogP contribution in [0, 0.1) is 0 Å². The smallest absolute Gasteiger partial charge is 0.258 e. The molecular formula is C19H17ClN2O4. The van der Waals surface area contributed by atoms with E-state index in [1.165, 1.54) is 11.7 Å². The molecule has 0 fully saturated rings. The molecule has 6 nitrogen and oxygen atoms in total. The van der Waals surface area contributed by atoms with E-state index in [4.69, 9.17) is 21.1 Å². The minimum atomic E-state index is -0.361. The van der Waals surface area contributed by atoms with Gasteiger partial charge in [0.25, 0.3) is 5.56 Å². The lowest BCUT2D eigenvalue weighted by molar-refractivity contribution is -0.116. The molecule has 1 N–H and O–H groups in total. The van der Waals surface area contributed by atoms with Crippen LogP contribution >= 0.6 is 11.6 Å². The largest absolute Gasteiger partial charge is 0.497 e. The Labute approximate surface area is 154 Å². The molecule has 0 spiro atoms. The van der Waals surface area contributed by atoms with Crippen LogP contribution in [0.4, 0.5) is 5.69 Å². The molecule has 3 aromatic rings. The number of nitrogens with one attached hydrogen (secondary N) is 1. The number of halogens is 1. The van der Waals surface area contributed by atoms with Gasteiger partial charge in [0.15, 0.2) is 0 Å². The summed E-state index contributed by atoms with van der Waals surface area (Å²) in [5, 5.41) is 4.45. The summed E-state index contributed by atoms with van der Waals surface area (Å²) in [6, 6.07) is 11.9. The SMILES string of the molecule is COc1ccc2c(=O)n(CC(=O)Nc3cc(Cl)ccc3OC)ccc2c1. The molecule has 0 saturated heterocycles. The standard InChI is InChI=1S/C19H17ClN2O4/c1-25-14-4-5-15-12(9-14)7-8-22(19(15)24)11-18(23)21-16-10-13(20)3-6-17(16)26-2/h3-10H,11H2,1-2H3,(H,21,23). The summed E-state index contributed by atoms with van der Waals surface area (Å²) in [7, 11) is 3.07. The molecule has 0 bridgehead atoms. The number of pyridine rings is 1. The van der Waals surface area contributed by atoms with Crippen LogP contribution in [0.3, 0.4) is 0 Å². The molecule has 0 saturated carbocycles. The van der Waals surface area contributed by atoms with Gasteiger partial charge in [-0.2, -0.15) is 0 Å². The second-order valence-corrected chi connectivity index (χ2v) is 6.03. The number of ether oxygens (including phenoxy) is 2. The number of hydrogen-bond acceptors (Lipinski definition) is 4. The maximum atomic E-state index is 12.6. The van der Waals surface area contributed by atoms with Crippen molar-refractivity contribution >= 4 is 34.0 Å². The van der Waals surface area contributed by atoms with Crippen molar-refractivity contribution in [3.8, 4) is 11.5 Å². The van der Waals surface area contributed by atoms with Crippen molar-refractivity contribution in [3.05, 3.63) is 64.0 Å². The lowest BCUT2D eigenvalue weighted by Gasteiger charge is -2.12. The number of hydrogen-bond donors (Lipinski definition) is 1. The Morgan fingerprint density at radius 1 is 1.12 bits per heavy atom. The van der Waals surface area contributed by atoms with Crippen molar-refractivity contribution in [1.29, 1.82) is 0 Å². The van der Waals surface area contributed by atoms with Crippen LogP contribution in [0.5, 0.6) is 11.5 Å². The first-order valence-electron chi connectivity index (χ1n) is 7.82. The van der Waals surface area contributed by atoms with Crippen molar-refractivity contribution in [2.24, 2.45) is 0 Å². The van der Waals surface area contributed by atoms with Crippen LogP contribution in [0.1, 0.15) is 0 Å². The van der Waals surface area contributed by atoms with Gasteiger partial charge in [0.05, 0.1) is 19.9 Å². The number of amides is 1. The molecule has 2 aromatic carbocycles. The van der Waals surface area contributed by atoms with Gasteiger partial charge in [0.1, 0.15) is 18.0 Å². The number of benzene rings is 2. The highest BCUT2D eigenvalue weighted by Crippen LogP contribution is 2.27. The average Bonchev–Trinajstić information content (AvgIpc) is 2.64. The fourth-order valence-corrected chi connectivity index (χ4v) is 2.81. The Bertz CT molecular complexity index is 1030. The van der Waals surface area contributed by atoms with E-state index in [9.17, 15) is 9.59 Å². The van der Waals surface area contributed by atoms with Gasteiger partial charge in [-0.05, 0) is 47.9 Å². The third-order valence-electron chi connectivity index (χ3n) is 3.93. The van der Waals surface area contributed by atoms with Crippen molar-refractivity contribution < 1.29 is 14.3 Å². The number of carbonyl (C=O) groups is 1. The zero-order valence-corrected chi connectivity index (χ0v) is 15.0. The van der Waals surface area contributed by atoms with Gasteiger partial charge < -0.3 is 19.4 Å². The van der Waals surface area contributed by atoms with Gasteiger partial charge in [-0.15, -0.1) is 0 Å². The van der Waals surface area contributed by atoms with E-state index in [0.29, 0.717) is 27.6 Å². The normalized spacial score (nSPS) is 10.6. The fourth-order valence-electron chi connectivity index (χ4n) is 2.64. The van der Waals surface area contributed by atoms with Crippen molar-refractivity contribution in [3.63, 3.8) is 0 Å². The van der Waals surface area contributed by atoms with Crippen LogP contribution in [0.25, 0.3) is 10.8 Å². The van der Waals surface area contributed by atoms with Gasteiger partial charge in [-0.3, -0.25) is 9.59 Å². The molecule has 0 radical (unpaired) electrons. The molecular weight excluding hydrogens is 356 g/mol. The van der Waals surface area contributed by atoms with E-state index in [2.05, 4.69) is 5.32 Å². The molecule has 0 aliphatic carbocycles. The van der Waals surface area contributed by atoms with Crippen molar-refractivity contribution in [1.82, 2.24) is 4.57 Å². The summed E-state index contributed by atoms with van der Waals surface area (Å²) in [5.41, 5.74) is 0.196. The lowest BCUT2D eigenvalue weighted by Crippen LogP contribution is -2.27. The first-order chi connectivity index (χ1) is 12.5. The number of aromatic nitrogens is 1. The lowest BCUT2D eigenvalue weighted by atomic mass is 10.1. The Kier molecular flexibility index (Phi) is 5.14. The van der Waals surface area contributed by atoms with E-state index in [1.807, 2.05) is 0 Å². The third-order valence-corrected chi connectivity index (χ3v) is 4.17. The Hall–Kier alpha value is -2.99. The maximum absolute atomic E-state index is 12.6. The predicted octanol–water partition coefficient (Wildman–Crippen LogP) is 3.31. The molecule has 0 aliphatic rings. The molecule has 0 aliphatic heterocycles. The molecule has 1 aromatic heterocycles. The third kappa shape index (κ3) is 3.65. The minimum absolute atomic E-state index is 0.129. The summed E-state index contributed by atoms with van der Waals surface area (Å²) in [6.45, 7) is -0.129. The minimum Gasteiger partial charge on any atom is -0.497 e. The number of carbonyl (C=O) groups excluding carboxylic acids is 1. The van der Waals surface area contributed by atoms with Crippen LogP contribution in [0.15, 0.2) is 53.5 Å². The molecule has 26 heavy (non-hydrogen) atoms. The van der Waals surface area contributed by atoms with Crippen molar-refractivity contribution in [2.75, 3.05) is 19.5 Å². The van der Waals surface area contributed by atoms with E-state index in [0.717, 1.165) is 5.39 Å². The van der Waals surface area contributed by atoms with Gasteiger partial charge in [0, 0.05) is 16.6 Å². The van der Waals surface area contributed by atoms with Crippen molar-refractivity contribution in [2.45, 2.75) is 6.54 Å². The number of nitrogens with zero attached hydrogens (tertiary/aromatic N) is 1. The summed E-state index contributed by atoms with van der Waals surface area (Å²) < 4.78 is 11.7. The summed E-state index contributed by atoms with van der Waals surface area (Å²) in [5.74, 6) is 0.793. The average molecular weight is 373 g/mol. The fraction of sp³-hybridized carbons (Fsp3) is 0.158. The zero-order chi connectivity index (χ0) is 18.7. The first-order valence-corrected chi connectivity index (χ1v) is 8.20. The van der Waals surface area contributed by atoms with E-state index in [-0.39, 0.29) is 18.0 Å². The van der Waals surface area contributed by atoms with Gasteiger partial charge >= 0.3 is 0 Å². The van der Waals surface area contributed by atoms with Crippen LogP contribution < -0.4 is 20.3 Å². The molecule has 3 rings (SSSR count). The second kappa shape index (κ2) is 7.49. The molecule has 0 unspecified atom stereocenters. The van der Waals surface area contributed by atoms with Crippen LogP contribution in [-0.2, 0) is 11.3 Å². The monoisotopic (exact) mass is 372 g/mol. The summed E-state index contributed by atoms with van der Waals surface area (Å²) in [6.07, 6.45) is 1.58. The highest BCUT2D eigenvalue weighted by molar-refractivity contribution is 6.31. The number of methoxy groups -OCH3 is 2. The Morgan fingerprint density at radius 3 is 2.65 bits per heavy atom. The second-order valence-electron chi connectivity index (χ2n) is 5.59. The molecule has 1 heterocycles. The van der Waals surface area contributed by atoms with Crippen LogP contribution in [0.2, 0.25) is 5.02 Å². The predicted molar refractivity (Wildman–Crippen MR) is 101 cm³/mol. The molecule has 134 valence electrons. The molecule has 1 amide bonds. The number of fused-ring (bicyclic) bond motifs is 1. The topological polar surface area (TPSA) is 69.6 Å². The summed E-state index contributed by atoms with van der Waals surface area (Å²) >= 11 is 5.96. The van der Waals surface area contributed by atoms with E-state index >= 15 is 0 Å². The molecule has 0 atom stereocenters. The van der Waals surface area contributed by atoms with Gasteiger partial charge in [-0.1, -0.05) is 11.6 Å². The highest BCUT2D eigenvalue weighted by atomic mass is 35.5. The van der Waals surface area contributed by atoms with E-state index < -0.39 is 0 Å². The first kappa shape index (κ1) is 17.8. The highest BCUT2D eigenvalue weighted by Gasteiger charge is 2.11. The quantitative estimate of drug-likeness (QED) is 0.746. The number of anilines is 1.